The van der Waals surface area contributed by atoms with Gasteiger partial charge in [-0.05, 0) is 31.8 Å². The molecule has 2 atom stereocenters. The number of aliphatic carboxylic acids is 1. The molecule has 1 rings (SSSR count). The molecule has 2 N–H and O–H groups in total. The fourth-order valence-corrected chi connectivity index (χ4v) is 2.10. The maximum absolute atomic E-state index is 10.5. The lowest BCUT2D eigenvalue weighted by molar-refractivity contribution is -0.139. The third-order valence-corrected chi connectivity index (χ3v) is 2.95. The third-order valence-electron chi connectivity index (χ3n) is 2.95. The van der Waals surface area contributed by atoms with E-state index in [1.54, 1.807) is 6.92 Å². The summed E-state index contributed by atoms with van der Waals surface area (Å²) in [6.45, 7) is 5.49. The molecule has 0 amide bonds. The predicted octanol–water partition coefficient (Wildman–Crippen LogP) is 1.57. The lowest BCUT2D eigenvalue weighted by atomic mass is 9.83. The van der Waals surface area contributed by atoms with Crippen LogP contribution >= 0.6 is 0 Å². The number of carboxylic acids is 1. The van der Waals surface area contributed by atoms with Crippen molar-refractivity contribution in [3.05, 3.63) is 12.2 Å². The number of rotatable bonds is 3. The van der Waals surface area contributed by atoms with Crippen LogP contribution in [0.1, 0.15) is 32.6 Å². The van der Waals surface area contributed by atoms with Crippen LogP contribution in [0.3, 0.4) is 0 Å². The molecule has 0 bridgehead atoms. The topological polar surface area (TPSA) is 57.5 Å². The molecule has 0 saturated heterocycles. The van der Waals surface area contributed by atoms with Crippen LogP contribution in [0, 0.1) is 5.92 Å². The Morgan fingerprint density at radius 3 is 2.77 bits per heavy atom. The number of carbonyl (C=O) groups is 1. The van der Waals surface area contributed by atoms with E-state index in [0.29, 0.717) is 12.0 Å². The van der Waals surface area contributed by atoms with E-state index in [-0.39, 0.29) is 12.3 Å². The molecular formula is C10H16O3. The van der Waals surface area contributed by atoms with Crippen LogP contribution in [0.25, 0.3) is 0 Å². The van der Waals surface area contributed by atoms with Gasteiger partial charge in [0, 0.05) is 5.92 Å². The second-order valence-electron chi connectivity index (χ2n) is 3.89. The minimum atomic E-state index is -0.932. The Kier molecular flexibility index (Phi) is 2.76. The molecule has 0 unspecified atom stereocenters. The van der Waals surface area contributed by atoms with Crippen molar-refractivity contribution in [1.29, 1.82) is 0 Å². The molecular weight excluding hydrogens is 168 g/mol. The van der Waals surface area contributed by atoms with Gasteiger partial charge in [-0.3, -0.25) is 4.79 Å². The Morgan fingerprint density at radius 2 is 2.31 bits per heavy atom. The second-order valence-corrected chi connectivity index (χ2v) is 3.89. The summed E-state index contributed by atoms with van der Waals surface area (Å²) < 4.78 is 0. The summed E-state index contributed by atoms with van der Waals surface area (Å²) in [7, 11) is 0. The fourth-order valence-electron chi connectivity index (χ4n) is 2.10. The van der Waals surface area contributed by atoms with Crippen LogP contribution in [0.4, 0.5) is 0 Å². The first-order valence-electron chi connectivity index (χ1n) is 4.57. The minimum absolute atomic E-state index is 0.0450. The monoisotopic (exact) mass is 184 g/mol. The van der Waals surface area contributed by atoms with Gasteiger partial charge in [0.15, 0.2) is 0 Å². The van der Waals surface area contributed by atoms with Crippen molar-refractivity contribution < 1.29 is 15.0 Å². The van der Waals surface area contributed by atoms with Gasteiger partial charge in [0.1, 0.15) is 0 Å². The molecule has 1 saturated carbocycles. The molecule has 1 fully saturated rings. The van der Waals surface area contributed by atoms with Gasteiger partial charge >= 0.3 is 5.97 Å². The van der Waals surface area contributed by atoms with Crippen LogP contribution in [0.5, 0.6) is 0 Å². The maximum atomic E-state index is 10.5. The Morgan fingerprint density at radius 1 is 1.69 bits per heavy atom. The van der Waals surface area contributed by atoms with Crippen LogP contribution in [-0.2, 0) is 4.79 Å². The lowest BCUT2D eigenvalue weighted by Gasteiger charge is -2.29. The Labute approximate surface area is 78.1 Å². The van der Waals surface area contributed by atoms with Crippen molar-refractivity contribution in [2.45, 2.75) is 38.2 Å². The number of aliphatic hydroxyl groups is 1. The summed E-state index contributed by atoms with van der Waals surface area (Å²) in [4.78, 5) is 10.5. The molecule has 0 spiro atoms. The average Bonchev–Trinajstić information content (AvgIpc) is 2.33. The van der Waals surface area contributed by atoms with Crippen molar-refractivity contribution in [3.8, 4) is 0 Å². The molecule has 0 heterocycles. The zero-order valence-electron chi connectivity index (χ0n) is 7.92. The lowest BCUT2D eigenvalue weighted by Crippen LogP contribution is -2.35. The van der Waals surface area contributed by atoms with Gasteiger partial charge in [0.25, 0.3) is 0 Å². The zero-order chi connectivity index (χ0) is 10.1. The molecule has 13 heavy (non-hydrogen) atoms. The molecule has 74 valence electrons. The van der Waals surface area contributed by atoms with Crippen LogP contribution in [0.15, 0.2) is 12.2 Å². The standard InChI is InChI=1S/C10H16O3/c1-7(2)10(13)5-3-4-8(10)6-9(11)12/h8,13H,1,3-6H2,2H3,(H,11,12)/t8-,10+/m1/s1. The van der Waals surface area contributed by atoms with Crippen LogP contribution in [-0.4, -0.2) is 21.8 Å². The van der Waals surface area contributed by atoms with Gasteiger partial charge in [0.05, 0.1) is 12.0 Å². The molecule has 3 heteroatoms. The van der Waals surface area contributed by atoms with Gasteiger partial charge < -0.3 is 10.2 Å². The first-order valence-corrected chi connectivity index (χ1v) is 4.57. The Hall–Kier alpha value is -0.830. The van der Waals surface area contributed by atoms with Crippen LogP contribution < -0.4 is 0 Å². The largest absolute Gasteiger partial charge is 0.481 e. The molecule has 1 aliphatic carbocycles. The van der Waals surface area contributed by atoms with Crippen molar-refractivity contribution in [2.75, 3.05) is 0 Å². The fraction of sp³-hybridized carbons (Fsp3) is 0.700. The summed E-state index contributed by atoms with van der Waals surface area (Å²) in [6, 6.07) is 0. The second kappa shape index (κ2) is 3.50. The first kappa shape index (κ1) is 10.3. The minimum Gasteiger partial charge on any atom is -0.481 e. The van der Waals surface area contributed by atoms with E-state index in [9.17, 15) is 9.90 Å². The van der Waals surface area contributed by atoms with E-state index in [2.05, 4.69) is 6.58 Å². The summed E-state index contributed by atoms with van der Waals surface area (Å²) in [5.41, 5.74) is -0.241. The number of hydrogen-bond donors (Lipinski definition) is 2. The van der Waals surface area contributed by atoms with Crippen molar-refractivity contribution in [2.24, 2.45) is 5.92 Å². The van der Waals surface area contributed by atoms with E-state index in [4.69, 9.17) is 5.11 Å². The summed E-state index contributed by atoms with van der Waals surface area (Å²) in [6.07, 6.45) is 2.38. The number of hydrogen-bond acceptors (Lipinski definition) is 2. The average molecular weight is 184 g/mol. The molecule has 0 aromatic rings. The SMILES string of the molecule is C=C(C)[C@@]1(O)CCC[C@@H]1CC(=O)O. The maximum Gasteiger partial charge on any atom is 0.303 e. The van der Waals surface area contributed by atoms with Gasteiger partial charge in [-0.15, -0.1) is 0 Å². The van der Waals surface area contributed by atoms with E-state index in [1.165, 1.54) is 0 Å². The molecule has 0 aromatic carbocycles. The molecule has 0 aromatic heterocycles. The predicted molar refractivity (Wildman–Crippen MR) is 49.4 cm³/mol. The van der Waals surface area contributed by atoms with Gasteiger partial charge in [-0.2, -0.15) is 0 Å². The Balaban J connectivity index is 2.73. The quantitative estimate of drug-likeness (QED) is 0.654. The van der Waals surface area contributed by atoms with E-state index in [0.717, 1.165) is 12.8 Å². The normalized spacial score (nSPS) is 33.2. The summed E-state index contributed by atoms with van der Waals surface area (Å²) in [5.74, 6) is -0.992. The molecule has 0 aliphatic heterocycles. The summed E-state index contributed by atoms with van der Waals surface area (Å²) >= 11 is 0. The van der Waals surface area contributed by atoms with E-state index >= 15 is 0 Å². The molecule has 3 nitrogen and oxygen atoms in total. The first-order chi connectivity index (χ1) is 5.97. The highest BCUT2D eigenvalue weighted by molar-refractivity contribution is 5.67. The third kappa shape index (κ3) is 1.91. The summed E-state index contributed by atoms with van der Waals surface area (Å²) in [5, 5.41) is 18.8. The highest BCUT2D eigenvalue weighted by Gasteiger charge is 2.42. The zero-order valence-corrected chi connectivity index (χ0v) is 7.92. The highest BCUT2D eigenvalue weighted by atomic mass is 16.4. The van der Waals surface area contributed by atoms with Crippen molar-refractivity contribution in [3.63, 3.8) is 0 Å². The smallest absolute Gasteiger partial charge is 0.303 e. The van der Waals surface area contributed by atoms with Crippen molar-refractivity contribution >= 4 is 5.97 Å². The van der Waals surface area contributed by atoms with Gasteiger partial charge in [0.2, 0.25) is 0 Å². The van der Waals surface area contributed by atoms with Crippen molar-refractivity contribution in [1.82, 2.24) is 0 Å². The molecule has 0 radical (unpaired) electrons. The van der Waals surface area contributed by atoms with E-state index < -0.39 is 11.6 Å². The number of carboxylic acid groups (broad SMARTS) is 1. The van der Waals surface area contributed by atoms with Crippen LogP contribution in [0.2, 0.25) is 0 Å². The highest BCUT2D eigenvalue weighted by Crippen LogP contribution is 2.41. The van der Waals surface area contributed by atoms with E-state index in [1.807, 2.05) is 0 Å². The Bertz CT molecular complexity index is 234. The van der Waals surface area contributed by atoms with Gasteiger partial charge in [-0.1, -0.05) is 6.58 Å². The van der Waals surface area contributed by atoms with Gasteiger partial charge in [-0.25, -0.2) is 0 Å². The molecule has 1 aliphatic rings.